The molecule has 2 rings (SSSR count). The van der Waals surface area contributed by atoms with Crippen LogP contribution in [-0.4, -0.2) is 30.9 Å². The Morgan fingerprint density at radius 1 is 1.14 bits per heavy atom. The molecule has 0 unspecified atom stereocenters. The van der Waals surface area contributed by atoms with Gasteiger partial charge in [-0.2, -0.15) is 0 Å². The highest BCUT2D eigenvalue weighted by molar-refractivity contribution is 5.98. The van der Waals surface area contributed by atoms with Gasteiger partial charge in [-0.05, 0) is 43.6 Å². The zero-order valence-corrected chi connectivity index (χ0v) is 16.6. The lowest BCUT2D eigenvalue weighted by Gasteiger charge is -2.23. The molecule has 1 aliphatic heterocycles. The topological polar surface area (TPSA) is 81.7 Å². The zero-order chi connectivity index (χ0) is 20.5. The fourth-order valence-corrected chi connectivity index (χ4v) is 2.86. The first-order valence-electron chi connectivity index (χ1n) is 9.47. The number of Topliss-reactive ketones (excluding diaryl/α,β-unsaturated/α-hetero) is 1. The largest absolute Gasteiger partial charge is 0.485 e. The number of hydrogen-bond acceptors (Lipinski definition) is 5. The molecule has 150 valence electrons. The minimum Gasteiger partial charge on any atom is -0.485 e. The van der Waals surface area contributed by atoms with Crippen molar-refractivity contribution in [3.05, 3.63) is 47.2 Å². The van der Waals surface area contributed by atoms with Gasteiger partial charge in [0, 0.05) is 25.3 Å². The number of ketones is 1. The number of carbonyl (C=O) groups is 3. The van der Waals surface area contributed by atoms with Crippen LogP contribution in [0.3, 0.4) is 0 Å². The van der Waals surface area contributed by atoms with Gasteiger partial charge in [-0.15, -0.1) is 0 Å². The lowest BCUT2D eigenvalue weighted by molar-refractivity contribution is -0.140. The Morgan fingerprint density at radius 3 is 2.57 bits per heavy atom. The summed E-state index contributed by atoms with van der Waals surface area (Å²) in [6.07, 6.45) is 6.13. The Hall–Kier alpha value is -2.89. The maximum atomic E-state index is 12.2. The van der Waals surface area contributed by atoms with Crippen LogP contribution in [0.15, 0.2) is 41.6 Å². The van der Waals surface area contributed by atoms with E-state index in [1.807, 2.05) is 37.3 Å². The summed E-state index contributed by atoms with van der Waals surface area (Å²) in [6.45, 7) is 3.32. The summed E-state index contributed by atoms with van der Waals surface area (Å²) >= 11 is 0. The summed E-state index contributed by atoms with van der Waals surface area (Å²) in [5.74, 6) is 0.119. The van der Waals surface area contributed by atoms with Crippen molar-refractivity contribution < 1.29 is 23.9 Å². The van der Waals surface area contributed by atoms with Gasteiger partial charge in [-0.25, -0.2) is 0 Å². The van der Waals surface area contributed by atoms with Crippen molar-refractivity contribution in [1.82, 2.24) is 5.32 Å². The van der Waals surface area contributed by atoms with Gasteiger partial charge in [0.15, 0.2) is 5.78 Å². The molecule has 1 N–H and O–H groups in total. The van der Waals surface area contributed by atoms with Crippen LogP contribution in [0.4, 0.5) is 0 Å². The quantitative estimate of drug-likeness (QED) is 0.399. The number of ether oxygens (including phenoxy) is 2. The standard InChI is InChI=1S/C22H27NO5/c1-15(24)19(23-21(25)11-5-4-6-12-22(26)27-3)14-18-13-17-9-7-8-10-20(17)28-16(18)2/h7-10,13-14,16H,4-6,11-12H2,1-3H3,(H,23,25)/b19-14+/t16-/m0/s1. The molecule has 1 aromatic carbocycles. The molecule has 0 spiro atoms. The predicted molar refractivity (Wildman–Crippen MR) is 107 cm³/mol. The van der Waals surface area contributed by atoms with Crippen LogP contribution < -0.4 is 10.1 Å². The van der Waals surface area contributed by atoms with Gasteiger partial charge in [-0.1, -0.05) is 24.6 Å². The summed E-state index contributed by atoms with van der Waals surface area (Å²) in [4.78, 5) is 35.2. The van der Waals surface area contributed by atoms with Gasteiger partial charge >= 0.3 is 5.97 Å². The third-order valence-corrected chi connectivity index (χ3v) is 4.49. The number of rotatable bonds is 9. The summed E-state index contributed by atoms with van der Waals surface area (Å²) in [6, 6.07) is 7.67. The van der Waals surface area contributed by atoms with E-state index in [-0.39, 0.29) is 29.5 Å². The number of nitrogens with one attached hydrogen (secondary N) is 1. The molecule has 28 heavy (non-hydrogen) atoms. The van der Waals surface area contributed by atoms with Crippen LogP contribution in [0.25, 0.3) is 6.08 Å². The van der Waals surface area contributed by atoms with Gasteiger partial charge in [0.2, 0.25) is 5.91 Å². The maximum Gasteiger partial charge on any atom is 0.305 e. The average Bonchev–Trinajstić information content (AvgIpc) is 2.67. The Bertz CT molecular complexity index is 794. The minimum atomic E-state index is -0.245. The lowest BCUT2D eigenvalue weighted by Crippen LogP contribution is -2.27. The van der Waals surface area contributed by atoms with Crippen LogP contribution >= 0.6 is 0 Å². The molecule has 0 bridgehead atoms. The second kappa shape index (κ2) is 10.4. The van der Waals surface area contributed by atoms with Crippen molar-refractivity contribution in [3.8, 4) is 5.75 Å². The number of benzene rings is 1. The van der Waals surface area contributed by atoms with Crippen molar-refractivity contribution in [2.75, 3.05) is 7.11 Å². The zero-order valence-electron chi connectivity index (χ0n) is 16.6. The third-order valence-electron chi connectivity index (χ3n) is 4.49. The molecule has 0 saturated heterocycles. The fourth-order valence-electron chi connectivity index (χ4n) is 2.86. The van der Waals surface area contributed by atoms with Crippen molar-refractivity contribution in [2.24, 2.45) is 0 Å². The first-order chi connectivity index (χ1) is 13.4. The SMILES string of the molecule is COC(=O)CCCCCC(=O)N/C(=C/C1=Cc2ccccc2O[C@H]1C)C(C)=O. The van der Waals surface area contributed by atoms with Crippen LogP contribution in [-0.2, 0) is 19.1 Å². The van der Waals surface area contributed by atoms with E-state index in [9.17, 15) is 14.4 Å². The highest BCUT2D eigenvalue weighted by Crippen LogP contribution is 2.30. The summed E-state index contributed by atoms with van der Waals surface area (Å²) in [7, 11) is 1.36. The summed E-state index contributed by atoms with van der Waals surface area (Å²) in [5, 5.41) is 2.70. The number of allylic oxidation sites excluding steroid dienone is 1. The van der Waals surface area contributed by atoms with E-state index in [0.717, 1.165) is 23.3 Å². The summed E-state index contributed by atoms with van der Waals surface area (Å²) in [5.41, 5.74) is 2.01. The van der Waals surface area contributed by atoms with Crippen molar-refractivity contribution in [1.29, 1.82) is 0 Å². The van der Waals surface area contributed by atoms with E-state index in [2.05, 4.69) is 10.1 Å². The Morgan fingerprint density at radius 2 is 1.86 bits per heavy atom. The molecule has 1 atom stereocenters. The third kappa shape index (κ3) is 6.37. The normalized spacial score (nSPS) is 15.8. The van der Waals surface area contributed by atoms with Crippen molar-refractivity contribution in [2.45, 2.75) is 52.1 Å². The van der Waals surface area contributed by atoms with Gasteiger partial charge in [-0.3, -0.25) is 14.4 Å². The van der Waals surface area contributed by atoms with Gasteiger partial charge in [0.25, 0.3) is 0 Å². The number of unbranched alkanes of at least 4 members (excludes halogenated alkanes) is 2. The van der Waals surface area contributed by atoms with E-state index in [4.69, 9.17) is 4.74 Å². The molecule has 0 aliphatic carbocycles. The van der Waals surface area contributed by atoms with Gasteiger partial charge in [0.05, 0.1) is 12.8 Å². The van der Waals surface area contributed by atoms with E-state index in [1.54, 1.807) is 6.08 Å². The number of para-hydroxylation sites is 1. The van der Waals surface area contributed by atoms with Crippen LogP contribution in [0.2, 0.25) is 0 Å². The maximum absolute atomic E-state index is 12.2. The van der Waals surface area contributed by atoms with E-state index >= 15 is 0 Å². The molecule has 6 heteroatoms. The van der Waals surface area contributed by atoms with Gasteiger partial charge in [0.1, 0.15) is 11.9 Å². The molecule has 1 aliphatic rings. The van der Waals surface area contributed by atoms with E-state index in [1.165, 1.54) is 14.0 Å². The van der Waals surface area contributed by atoms with Crippen molar-refractivity contribution in [3.63, 3.8) is 0 Å². The second-order valence-electron chi connectivity index (χ2n) is 6.74. The van der Waals surface area contributed by atoms with Crippen molar-refractivity contribution >= 4 is 23.7 Å². The highest BCUT2D eigenvalue weighted by atomic mass is 16.5. The lowest BCUT2D eigenvalue weighted by atomic mass is 10.0. The number of methoxy groups -OCH3 is 1. The Balaban J connectivity index is 1.96. The highest BCUT2D eigenvalue weighted by Gasteiger charge is 2.19. The number of hydrogen-bond donors (Lipinski definition) is 1. The van der Waals surface area contributed by atoms with E-state index in [0.29, 0.717) is 25.7 Å². The van der Waals surface area contributed by atoms with Crippen LogP contribution in [0, 0.1) is 0 Å². The van der Waals surface area contributed by atoms with E-state index < -0.39 is 0 Å². The average molecular weight is 385 g/mol. The first kappa shape index (κ1) is 21.4. The number of fused-ring (bicyclic) bond motifs is 1. The molecular weight excluding hydrogens is 358 g/mol. The molecule has 1 aromatic rings. The minimum absolute atomic E-state index is 0.217. The molecule has 0 aromatic heterocycles. The molecule has 1 amide bonds. The first-order valence-corrected chi connectivity index (χ1v) is 9.47. The predicted octanol–water partition coefficient (Wildman–Crippen LogP) is 3.56. The number of carbonyl (C=O) groups excluding carboxylic acids is 3. The second-order valence-corrected chi connectivity index (χ2v) is 6.74. The monoisotopic (exact) mass is 385 g/mol. The Kier molecular flexibility index (Phi) is 7.99. The van der Waals surface area contributed by atoms with Crippen LogP contribution in [0.5, 0.6) is 5.75 Å². The van der Waals surface area contributed by atoms with Crippen LogP contribution in [0.1, 0.15) is 51.5 Å². The number of esters is 1. The molecular formula is C22H27NO5. The molecule has 0 radical (unpaired) electrons. The molecule has 6 nitrogen and oxygen atoms in total. The molecule has 1 heterocycles. The summed E-state index contributed by atoms with van der Waals surface area (Å²) < 4.78 is 10.5. The van der Waals surface area contributed by atoms with Gasteiger partial charge < -0.3 is 14.8 Å². The fraction of sp³-hybridized carbons (Fsp3) is 0.409. The Labute approximate surface area is 165 Å². The molecule has 0 saturated carbocycles. The molecule has 0 fully saturated rings. The smallest absolute Gasteiger partial charge is 0.305 e. The number of amides is 1.